The minimum atomic E-state index is -0.330. The van der Waals surface area contributed by atoms with Gasteiger partial charge in [-0.2, -0.15) is 0 Å². The highest BCUT2D eigenvalue weighted by molar-refractivity contribution is 5.87. The third-order valence-electron chi connectivity index (χ3n) is 7.17. The first-order valence-corrected chi connectivity index (χ1v) is 14.6. The van der Waals surface area contributed by atoms with Crippen molar-refractivity contribution < 1.29 is 14.3 Å². The number of nitrogens with one attached hydrogen (secondary N) is 1. The fourth-order valence-corrected chi connectivity index (χ4v) is 4.84. The van der Waals surface area contributed by atoms with Crippen molar-refractivity contribution in [1.82, 2.24) is 9.97 Å². The SMILES string of the molecule is C/C=C/c1ccc(-c2[nH]c(-c3ccc(OC)cc3)nc2-c2ccc(/C=C/C(=O)OCCCCc3ccccc3)cc2)cc1. The number of methoxy groups -OCH3 is 1. The molecular weight excluding hydrogens is 532 g/mol. The van der Waals surface area contributed by atoms with Crippen LogP contribution in [0.4, 0.5) is 0 Å². The number of aromatic amines is 1. The fourth-order valence-electron chi connectivity index (χ4n) is 4.84. The van der Waals surface area contributed by atoms with E-state index in [0.717, 1.165) is 70.0 Å². The van der Waals surface area contributed by atoms with Crippen LogP contribution in [0.3, 0.4) is 0 Å². The molecule has 5 aromatic rings. The average Bonchev–Trinajstić information content (AvgIpc) is 3.50. The number of hydrogen-bond acceptors (Lipinski definition) is 4. The number of esters is 1. The number of rotatable bonds is 12. The van der Waals surface area contributed by atoms with E-state index in [1.165, 1.54) is 11.6 Å². The largest absolute Gasteiger partial charge is 0.497 e. The zero-order valence-corrected chi connectivity index (χ0v) is 24.6. The predicted octanol–water partition coefficient (Wildman–Crippen LogP) is 9.03. The second kappa shape index (κ2) is 14.6. The maximum atomic E-state index is 12.2. The Kier molecular flexibility index (Phi) is 9.99. The van der Waals surface area contributed by atoms with Crippen molar-refractivity contribution in [3.63, 3.8) is 0 Å². The van der Waals surface area contributed by atoms with Crippen molar-refractivity contribution in [1.29, 1.82) is 0 Å². The summed E-state index contributed by atoms with van der Waals surface area (Å²) < 4.78 is 10.7. The molecule has 1 aromatic heterocycles. The first kappa shape index (κ1) is 29.3. The topological polar surface area (TPSA) is 64.2 Å². The van der Waals surface area contributed by atoms with E-state index in [2.05, 4.69) is 47.5 Å². The normalized spacial score (nSPS) is 11.3. The molecule has 0 aliphatic rings. The van der Waals surface area contributed by atoms with Crippen LogP contribution in [0.5, 0.6) is 5.75 Å². The number of aryl methyl sites for hydroxylation is 1. The molecule has 0 aliphatic heterocycles. The molecule has 0 saturated carbocycles. The molecule has 0 radical (unpaired) electrons. The lowest BCUT2D eigenvalue weighted by atomic mass is 10.0. The zero-order chi connectivity index (χ0) is 29.9. The number of imidazole rings is 1. The highest BCUT2D eigenvalue weighted by Gasteiger charge is 2.15. The Morgan fingerprint density at radius 2 is 1.42 bits per heavy atom. The Morgan fingerprint density at radius 3 is 2.09 bits per heavy atom. The van der Waals surface area contributed by atoms with Gasteiger partial charge in [0, 0.05) is 22.8 Å². The van der Waals surface area contributed by atoms with Crippen LogP contribution in [-0.4, -0.2) is 29.7 Å². The number of allylic oxidation sites excluding steroid dienone is 1. The average molecular weight is 569 g/mol. The molecular formula is C38H36N2O3. The molecule has 5 rings (SSSR count). The third kappa shape index (κ3) is 7.98. The maximum absolute atomic E-state index is 12.2. The number of nitrogens with zero attached hydrogens (tertiary/aromatic N) is 1. The first-order chi connectivity index (χ1) is 21.1. The van der Waals surface area contributed by atoms with Gasteiger partial charge in [-0.3, -0.25) is 0 Å². The van der Waals surface area contributed by atoms with Gasteiger partial charge in [0.2, 0.25) is 0 Å². The van der Waals surface area contributed by atoms with E-state index < -0.39 is 0 Å². The van der Waals surface area contributed by atoms with Gasteiger partial charge in [-0.15, -0.1) is 0 Å². The summed E-state index contributed by atoms with van der Waals surface area (Å²) in [6.07, 6.45) is 10.2. The summed E-state index contributed by atoms with van der Waals surface area (Å²) >= 11 is 0. The molecule has 216 valence electrons. The summed E-state index contributed by atoms with van der Waals surface area (Å²) in [5.41, 5.74) is 8.15. The Hall–Kier alpha value is -5.16. The molecule has 0 spiro atoms. The standard InChI is InChI=1S/C38H36N2O3/c1-3-9-28-13-18-31(19-14-28)36-37(40-38(39-36)33-22-24-34(42-2)25-23-33)32-20-15-30(16-21-32)17-26-35(41)43-27-8-7-12-29-10-5-4-6-11-29/h3-6,9-11,13-26H,7-8,12,27H2,1-2H3,(H,39,40)/b9-3+,26-17+. The Morgan fingerprint density at radius 1 is 0.767 bits per heavy atom. The number of ether oxygens (including phenoxy) is 2. The Balaban J connectivity index is 1.28. The van der Waals surface area contributed by atoms with Crippen LogP contribution < -0.4 is 4.74 Å². The lowest BCUT2D eigenvalue weighted by Crippen LogP contribution is -2.02. The molecule has 1 heterocycles. The van der Waals surface area contributed by atoms with Crippen LogP contribution in [0.2, 0.25) is 0 Å². The third-order valence-corrected chi connectivity index (χ3v) is 7.17. The Bertz CT molecular complexity index is 1660. The maximum Gasteiger partial charge on any atom is 0.330 e. The second-order valence-corrected chi connectivity index (χ2v) is 10.2. The molecule has 0 unspecified atom stereocenters. The highest BCUT2D eigenvalue weighted by atomic mass is 16.5. The van der Waals surface area contributed by atoms with Crippen LogP contribution in [0.15, 0.2) is 115 Å². The van der Waals surface area contributed by atoms with Crippen molar-refractivity contribution in [3.8, 4) is 39.7 Å². The smallest absolute Gasteiger partial charge is 0.330 e. The van der Waals surface area contributed by atoms with E-state index in [0.29, 0.717) is 6.61 Å². The number of carbonyl (C=O) groups excluding carboxylic acids is 1. The van der Waals surface area contributed by atoms with Gasteiger partial charge in [0.1, 0.15) is 11.6 Å². The number of benzene rings is 4. The molecule has 5 heteroatoms. The summed E-state index contributed by atoms with van der Waals surface area (Å²) in [5, 5.41) is 0. The van der Waals surface area contributed by atoms with Gasteiger partial charge in [0.15, 0.2) is 0 Å². The van der Waals surface area contributed by atoms with Gasteiger partial charge < -0.3 is 14.5 Å². The Labute approximate surface area is 253 Å². The molecule has 4 aromatic carbocycles. The summed E-state index contributed by atoms with van der Waals surface area (Å²) in [4.78, 5) is 20.8. The van der Waals surface area contributed by atoms with E-state index in [9.17, 15) is 4.79 Å². The number of unbranched alkanes of at least 4 members (excludes halogenated alkanes) is 1. The van der Waals surface area contributed by atoms with Gasteiger partial charge in [-0.1, -0.05) is 91.0 Å². The quantitative estimate of drug-likeness (QED) is 0.0926. The van der Waals surface area contributed by atoms with Crippen molar-refractivity contribution in [2.24, 2.45) is 0 Å². The highest BCUT2D eigenvalue weighted by Crippen LogP contribution is 2.34. The molecule has 43 heavy (non-hydrogen) atoms. The van der Waals surface area contributed by atoms with E-state index in [4.69, 9.17) is 14.5 Å². The molecule has 5 nitrogen and oxygen atoms in total. The number of aromatic nitrogens is 2. The number of carbonyl (C=O) groups is 1. The van der Waals surface area contributed by atoms with Gasteiger partial charge in [-0.05, 0) is 73.2 Å². The summed E-state index contributed by atoms with van der Waals surface area (Å²) in [6, 6.07) is 34.6. The zero-order valence-electron chi connectivity index (χ0n) is 24.6. The monoisotopic (exact) mass is 568 g/mol. The first-order valence-electron chi connectivity index (χ1n) is 14.6. The van der Waals surface area contributed by atoms with E-state index in [-0.39, 0.29) is 5.97 Å². The minimum Gasteiger partial charge on any atom is -0.497 e. The van der Waals surface area contributed by atoms with Crippen molar-refractivity contribution in [3.05, 3.63) is 132 Å². The second-order valence-electron chi connectivity index (χ2n) is 10.2. The summed E-state index contributed by atoms with van der Waals surface area (Å²) in [7, 11) is 1.66. The molecule has 1 N–H and O–H groups in total. The van der Waals surface area contributed by atoms with Crippen LogP contribution in [0.1, 0.15) is 36.5 Å². The molecule has 0 fully saturated rings. The molecule has 0 bridgehead atoms. The van der Waals surface area contributed by atoms with Crippen LogP contribution in [-0.2, 0) is 16.0 Å². The summed E-state index contributed by atoms with van der Waals surface area (Å²) in [5.74, 6) is 1.25. The lowest BCUT2D eigenvalue weighted by Gasteiger charge is -2.05. The predicted molar refractivity (Wildman–Crippen MR) is 176 cm³/mol. The van der Waals surface area contributed by atoms with Crippen molar-refractivity contribution >= 4 is 18.1 Å². The molecule has 0 atom stereocenters. The number of H-pyrrole nitrogens is 1. The van der Waals surface area contributed by atoms with Gasteiger partial charge >= 0.3 is 5.97 Å². The van der Waals surface area contributed by atoms with Crippen molar-refractivity contribution in [2.75, 3.05) is 13.7 Å². The minimum absolute atomic E-state index is 0.330. The van der Waals surface area contributed by atoms with Crippen molar-refractivity contribution in [2.45, 2.75) is 26.2 Å². The van der Waals surface area contributed by atoms with E-state index in [1.807, 2.05) is 79.7 Å². The molecule has 0 amide bonds. The van der Waals surface area contributed by atoms with Crippen LogP contribution in [0.25, 0.3) is 46.1 Å². The van der Waals surface area contributed by atoms with Gasteiger partial charge in [0.05, 0.1) is 25.1 Å². The fraction of sp³-hybridized carbons (Fsp3) is 0.158. The van der Waals surface area contributed by atoms with E-state index in [1.54, 1.807) is 13.2 Å². The lowest BCUT2D eigenvalue weighted by molar-refractivity contribution is -0.137. The van der Waals surface area contributed by atoms with Gasteiger partial charge in [-0.25, -0.2) is 9.78 Å². The molecule has 0 saturated heterocycles. The van der Waals surface area contributed by atoms with Crippen LogP contribution >= 0.6 is 0 Å². The van der Waals surface area contributed by atoms with Gasteiger partial charge in [0.25, 0.3) is 0 Å². The summed E-state index contributed by atoms with van der Waals surface area (Å²) in [6.45, 7) is 2.43. The number of hydrogen-bond donors (Lipinski definition) is 1. The van der Waals surface area contributed by atoms with Crippen LogP contribution in [0, 0.1) is 0 Å². The van der Waals surface area contributed by atoms with E-state index >= 15 is 0 Å². The molecule has 0 aliphatic carbocycles.